The van der Waals surface area contributed by atoms with E-state index < -0.39 is 11.8 Å². The lowest BCUT2D eigenvalue weighted by Gasteiger charge is -2.38. The highest BCUT2D eigenvalue weighted by atomic mass is 19.1. The lowest BCUT2D eigenvalue weighted by Crippen LogP contribution is -2.45. The third kappa shape index (κ3) is 4.35. The number of halogens is 2. The molecule has 0 spiro atoms. The molecule has 0 radical (unpaired) electrons. The summed E-state index contributed by atoms with van der Waals surface area (Å²) in [6, 6.07) is 19.9. The summed E-state index contributed by atoms with van der Waals surface area (Å²) in [6.07, 6.45) is -0.0716. The van der Waals surface area contributed by atoms with Crippen LogP contribution in [0.25, 0.3) is 5.69 Å². The van der Waals surface area contributed by atoms with Crippen molar-refractivity contribution in [3.8, 4) is 5.69 Å². The number of para-hydroxylation sites is 1. The lowest BCUT2D eigenvalue weighted by atomic mass is 9.74. The first-order valence-corrected chi connectivity index (χ1v) is 12.3. The van der Waals surface area contributed by atoms with E-state index in [1.165, 1.54) is 30.3 Å². The zero-order chi connectivity index (χ0) is 26.3. The Morgan fingerprint density at radius 1 is 0.973 bits per heavy atom. The minimum Gasteiger partial charge on any atom is -0.296 e. The maximum absolute atomic E-state index is 14.0. The molecule has 2 atom stereocenters. The number of hydrogen-bond donors (Lipinski definition) is 0. The van der Waals surface area contributed by atoms with Crippen molar-refractivity contribution < 1.29 is 18.4 Å². The van der Waals surface area contributed by atoms with Gasteiger partial charge in [-0.05, 0) is 74.4 Å². The van der Waals surface area contributed by atoms with Crippen LogP contribution < -0.4 is 4.90 Å². The molecule has 2 heterocycles. The maximum Gasteiger partial charge on any atom is 0.232 e. The van der Waals surface area contributed by atoms with E-state index in [1.807, 2.05) is 44.2 Å². The molecule has 0 aliphatic carbocycles. The van der Waals surface area contributed by atoms with Crippen LogP contribution in [0.5, 0.6) is 0 Å². The maximum atomic E-state index is 14.0. The van der Waals surface area contributed by atoms with Gasteiger partial charge in [0.05, 0.1) is 17.3 Å². The van der Waals surface area contributed by atoms with Gasteiger partial charge in [0.2, 0.25) is 5.91 Å². The Labute approximate surface area is 214 Å². The number of ketones is 1. The average molecular weight is 500 g/mol. The van der Waals surface area contributed by atoms with Gasteiger partial charge in [0.15, 0.2) is 5.78 Å². The molecule has 0 N–H and O–H groups in total. The smallest absolute Gasteiger partial charge is 0.232 e. The van der Waals surface area contributed by atoms with Gasteiger partial charge in [-0.15, -0.1) is 0 Å². The third-order valence-corrected chi connectivity index (χ3v) is 7.06. The SMILES string of the molecule is CCN1C(=O)[C@@H](CC(=O)c2ccc(F)c(C)c2)[C@@H](c2ccc(F)cc2)c2c(C)nn(-c3ccccc3)c21. The topological polar surface area (TPSA) is 55.2 Å². The second kappa shape index (κ2) is 9.73. The number of benzene rings is 3. The molecular weight excluding hydrogens is 472 g/mol. The van der Waals surface area contributed by atoms with Crippen molar-refractivity contribution in [1.29, 1.82) is 0 Å². The van der Waals surface area contributed by atoms with Crippen molar-refractivity contribution in [2.45, 2.75) is 33.1 Å². The normalized spacial score (nSPS) is 17.1. The Hall–Kier alpha value is -4.13. The number of aryl methyl sites for hydroxylation is 2. The second-order valence-corrected chi connectivity index (χ2v) is 9.38. The molecule has 7 heteroatoms. The number of rotatable bonds is 6. The van der Waals surface area contributed by atoms with Crippen LogP contribution in [0.2, 0.25) is 0 Å². The Balaban J connectivity index is 1.67. The highest BCUT2D eigenvalue weighted by molar-refractivity contribution is 6.04. The molecule has 5 rings (SSSR count). The van der Waals surface area contributed by atoms with Crippen LogP contribution in [0.1, 0.15) is 52.0 Å². The number of hydrogen-bond acceptors (Lipinski definition) is 3. The Morgan fingerprint density at radius 2 is 1.68 bits per heavy atom. The van der Waals surface area contributed by atoms with Crippen molar-refractivity contribution in [3.63, 3.8) is 0 Å². The van der Waals surface area contributed by atoms with E-state index in [4.69, 9.17) is 5.10 Å². The summed E-state index contributed by atoms with van der Waals surface area (Å²) in [5, 5.41) is 4.80. The van der Waals surface area contributed by atoms with Crippen molar-refractivity contribution in [2.75, 3.05) is 11.4 Å². The summed E-state index contributed by atoms with van der Waals surface area (Å²) in [4.78, 5) is 29.1. The fraction of sp³-hybridized carbons (Fsp3) is 0.233. The van der Waals surface area contributed by atoms with Crippen molar-refractivity contribution in [2.24, 2.45) is 5.92 Å². The van der Waals surface area contributed by atoms with Crippen molar-refractivity contribution in [1.82, 2.24) is 9.78 Å². The van der Waals surface area contributed by atoms with Crippen LogP contribution in [0.4, 0.5) is 14.6 Å². The summed E-state index contributed by atoms with van der Waals surface area (Å²) >= 11 is 0. The molecule has 4 aromatic rings. The largest absolute Gasteiger partial charge is 0.296 e. The molecular formula is C30H27F2N3O2. The van der Waals surface area contributed by atoms with Crippen molar-refractivity contribution in [3.05, 3.63) is 112 Å². The second-order valence-electron chi connectivity index (χ2n) is 9.38. The fourth-order valence-corrected chi connectivity index (χ4v) is 5.26. The Morgan fingerprint density at radius 3 is 2.32 bits per heavy atom. The number of anilines is 1. The number of Topliss-reactive ketones (excluding diaryl/α,β-unsaturated/α-hetero) is 1. The quantitative estimate of drug-likeness (QED) is 0.299. The number of carbonyl (C=O) groups is 2. The molecule has 1 aromatic heterocycles. The van der Waals surface area contributed by atoms with E-state index >= 15 is 0 Å². The molecule has 0 fully saturated rings. The first-order valence-electron chi connectivity index (χ1n) is 12.3. The summed E-state index contributed by atoms with van der Waals surface area (Å²) in [5.41, 5.74) is 3.84. The molecule has 3 aromatic carbocycles. The molecule has 5 nitrogen and oxygen atoms in total. The molecule has 1 amide bonds. The number of fused-ring (bicyclic) bond motifs is 1. The zero-order valence-corrected chi connectivity index (χ0v) is 20.9. The standard InChI is InChI=1S/C30H27F2N3O2/c1-4-34-29-27(19(3)33-35(29)23-8-6-5-7-9-23)28(20-10-13-22(31)14-11-20)24(30(34)37)17-26(36)21-12-15-25(32)18(2)16-21/h5-16,24,28H,4,17H2,1-3H3/t24-,28+/m0/s1. The van der Waals surface area contributed by atoms with Crippen molar-refractivity contribution >= 4 is 17.5 Å². The summed E-state index contributed by atoms with van der Waals surface area (Å²) in [5.74, 6) is -1.80. The lowest BCUT2D eigenvalue weighted by molar-refractivity contribution is -0.123. The van der Waals surface area contributed by atoms with Gasteiger partial charge < -0.3 is 0 Å². The Kier molecular flexibility index (Phi) is 6.46. The fourth-order valence-electron chi connectivity index (χ4n) is 5.26. The molecule has 188 valence electrons. The van der Waals surface area contributed by atoms with E-state index in [1.54, 1.807) is 28.6 Å². The van der Waals surface area contributed by atoms with Gasteiger partial charge in [0, 0.05) is 30.0 Å². The molecule has 37 heavy (non-hydrogen) atoms. The molecule has 0 saturated heterocycles. The van der Waals surface area contributed by atoms with E-state index in [2.05, 4.69) is 0 Å². The van der Waals surface area contributed by atoms with Crippen LogP contribution in [0.3, 0.4) is 0 Å². The van der Waals surface area contributed by atoms with Gasteiger partial charge in [0.1, 0.15) is 17.5 Å². The highest BCUT2D eigenvalue weighted by Crippen LogP contribution is 2.47. The molecule has 0 bridgehead atoms. The van der Waals surface area contributed by atoms with Crippen LogP contribution in [-0.2, 0) is 4.79 Å². The summed E-state index contributed by atoms with van der Waals surface area (Å²) in [6.45, 7) is 5.77. The highest BCUT2D eigenvalue weighted by Gasteiger charge is 2.45. The first kappa shape index (κ1) is 24.6. The first-order chi connectivity index (χ1) is 17.8. The van der Waals surface area contributed by atoms with Gasteiger partial charge in [0.25, 0.3) is 0 Å². The van der Waals surface area contributed by atoms with E-state index in [0.717, 1.165) is 22.5 Å². The summed E-state index contributed by atoms with van der Waals surface area (Å²) in [7, 11) is 0. The van der Waals surface area contributed by atoms with Crippen LogP contribution in [0.15, 0.2) is 72.8 Å². The third-order valence-electron chi connectivity index (χ3n) is 7.06. The summed E-state index contributed by atoms with van der Waals surface area (Å²) < 4.78 is 29.5. The molecule has 0 saturated carbocycles. The van der Waals surface area contributed by atoms with E-state index in [0.29, 0.717) is 23.5 Å². The molecule has 0 unspecified atom stereocenters. The van der Waals surface area contributed by atoms with Gasteiger partial charge in [-0.2, -0.15) is 5.10 Å². The van der Waals surface area contributed by atoms with Gasteiger partial charge in [-0.3, -0.25) is 14.5 Å². The predicted octanol–water partition coefficient (Wildman–Crippen LogP) is 6.15. The van der Waals surface area contributed by atoms with Gasteiger partial charge in [-0.25, -0.2) is 13.5 Å². The van der Waals surface area contributed by atoms with E-state index in [-0.39, 0.29) is 29.7 Å². The van der Waals surface area contributed by atoms with Crippen LogP contribution in [0, 0.1) is 31.4 Å². The van der Waals surface area contributed by atoms with Crippen LogP contribution >= 0.6 is 0 Å². The number of carbonyl (C=O) groups excluding carboxylic acids is 2. The minimum absolute atomic E-state index is 0.0716. The minimum atomic E-state index is -0.733. The Bertz CT molecular complexity index is 1480. The molecule has 1 aliphatic rings. The molecule has 1 aliphatic heterocycles. The average Bonchev–Trinajstić information content (AvgIpc) is 3.24. The van der Waals surface area contributed by atoms with E-state index in [9.17, 15) is 18.4 Å². The zero-order valence-electron chi connectivity index (χ0n) is 20.9. The number of amides is 1. The van der Waals surface area contributed by atoms with Crippen LogP contribution in [-0.4, -0.2) is 28.0 Å². The van der Waals surface area contributed by atoms with Gasteiger partial charge >= 0.3 is 0 Å². The van der Waals surface area contributed by atoms with Gasteiger partial charge in [-0.1, -0.05) is 30.3 Å². The predicted molar refractivity (Wildman–Crippen MR) is 138 cm³/mol. The number of nitrogens with zero attached hydrogens (tertiary/aromatic N) is 3. The number of aromatic nitrogens is 2. The monoisotopic (exact) mass is 499 g/mol.